The topological polar surface area (TPSA) is 148 Å². The van der Waals surface area contributed by atoms with Crippen LogP contribution in [0.1, 0.15) is 33.2 Å². The SMILES string of the molecule is CCOc1cc(C=NNC(=O)c2ccc([N+](=O)[O-])cc2)ccc1OC(=O)c1cc(OC)c(OC)c(OC)c1. The van der Waals surface area contributed by atoms with E-state index in [4.69, 9.17) is 23.7 Å². The van der Waals surface area contributed by atoms with Crippen molar-refractivity contribution in [3.8, 4) is 28.7 Å². The smallest absolute Gasteiger partial charge is 0.343 e. The van der Waals surface area contributed by atoms with Crippen LogP contribution in [-0.2, 0) is 0 Å². The standard InChI is InChI=1S/C26H25N3O9/c1-5-37-21-12-16(15-27-28-25(30)17-7-9-19(10-8-17)29(32)33)6-11-20(21)38-26(31)18-13-22(34-2)24(36-4)23(14-18)35-3/h6-15H,5H2,1-4H3,(H,28,30). The number of nitrogens with zero attached hydrogens (tertiary/aromatic N) is 2. The number of hydrazone groups is 1. The summed E-state index contributed by atoms with van der Waals surface area (Å²) in [6.45, 7) is 2.07. The fraction of sp³-hybridized carbons (Fsp3) is 0.192. The van der Waals surface area contributed by atoms with E-state index in [2.05, 4.69) is 10.5 Å². The fourth-order valence-electron chi connectivity index (χ4n) is 3.28. The van der Waals surface area contributed by atoms with Crippen molar-refractivity contribution in [1.82, 2.24) is 5.43 Å². The maximum absolute atomic E-state index is 12.9. The number of nitrogens with one attached hydrogen (secondary N) is 1. The first kappa shape index (κ1) is 27.5. The number of hydrogen-bond donors (Lipinski definition) is 1. The van der Waals surface area contributed by atoms with Gasteiger partial charge in [-0.25, -0.2) is 10.2 Å². The van der Waals surface area contributed by atoms with Crippen LogP contribution in [0, 0.1) is 10.1 Å². The number of carbonyl (C=O) groups is 2. The van der Waals surface area contributed by atoms with Crippen LogP contribution in [0.5, 0.6) is 28.7 Å². The quantitative estimate of drug-likeness (QED) is 0.129. The summed E-state index contributed by atoms with van der Waals surface area (Å²) < 4.78 is 27.0. The van der Waals surface area contributed by atoms with Gasteiger partial charge in [-0.1, -0.05) is 0 Å². The molecule has 3 rings (SSSR count). The maximum atomic E-state index is 12.9. The number of nitro groups is 1. The second-order valence-corrected chi connectivity index (χ2v) is 7.45. The molecule has 0 aromatic heterocycles. The molecule has 0 spiro atoms. The number of non-ortho nitro benzene ring substituents is 1. The Balaban J connectivity index is 1.75. The van der Waals surface area contributed by atoms with Crippen LogP contribution in [0.4, 0.5) is 5.69 Å². The van der Waals surface area contributed by atoms with Gasteiger partial charge >= 0.3 is 5.97 Å². The minimum Gasteiger partial charge on any atom is -0.493 e. The summed E-state index contributed by atoms with van der Waals surface area (Å²) in [4.78, 5) is 35.3. The molecule has 12 nitrogen and oxygen atoms in total. The molecule has 38 heavy (non-hydrogen) atoms. The molecule has 0 bridgehead atoms. The second-order valence-electron chi connectivity index (χ2n) is 7.45. The lowest BCUT2D eigenvalue weighted by molar-refractivity contribution is -0.384. The van der Waals surface area contributed by atoms with Gasteiger partial charge in [0, 0.05) is 17.7 Å². The summed E-state index contributed by atoms with van der Waals surface area (Å²) in [6.07, 6.45) is 1.37. The molecule has 0 saturated carbocycles. The Labute approximate surface area is 217 Å². The Morgan fingerprint density at radius 2 is 1.55 bits per heavy atom. The van der Waals surface area contributed by atoms with Crippen LogP contribution in [0.25, 0.3) is 0 Å². The molecule has 3 aromatic carbocycles. The lowest BCUT2D eigenvalue weighted by atomic mass is 10.1. The zero-order valence-corrected chi connectivity index (χ0v) is 21.0. The van der Waals surface area contributed by atoms with Crippen molar-refractivity contribution in [3.05, 3.63) is 81.4 Å². The number of methoxy groups -OCH3 is 3. The Bertz CT molecular complexity index is 1330. The fourth-order valence-corrected chi connectivity index (χ4v) is 3.28. The van der Waals surface area contributed by atoms with Crippen molar-refractivity contribution >= 4 is 23.8 Å². The number of nitro benzene ring substituents is 1. The van der Waals surface area contributed by atoms with E-state index in [0.717, 1.165) is 0 Å². The first-order valence-corrected chi connectivity index (χ1v) is 11.2. The molecule has 12 heteroatoms. The van der Waals surface area contributed by atoms with Gasteiger partial charge in [-0.05, 0) is 55.0 Å². The molecule has 0 aliphatic rings. The number of ether oxygens (including phenoxy) is 5. The van der Waals surface area contributed by atoms with E-state index >= 15 is 0 Å². The number of esters is 1. The summed E-state index contributed by atoms with van der Waals surface area (Å²) in [5.41, 5.74) is 3.14. The van der Waals surface area contributed by atoms with Gasteiger partial charge in [0.2, 0.25) is 5.75 Å². The zero-order chi connectivity index (χ0) is 27.7. The third kappa shape index (κ3) is 6.55. The van der Waals surface area contributed by atoms with Gasteiger partial charge in [-0.3, -0.25) is 14.9 Å². The minimum atomic E-state index is -0.679. The minimum absolute atomic E-state index is 0.125. The molecule has 0 aliphatic heterocycles. The van der Waals surface area contributed by atoms with Crippen LogP contribution >= 0.6 is 0 Å². The Kier molecular flexibility index (Phi) is 9.19. The van der Waals surface area contributed by atoms with E-state index in [-0.39, 0.29) is 28.3 Å². The van der Waals surface area contributed by atoms with E-state index in [1.54, 1.807) is 19.1 Å². The van der Waals surface area contributed by atoms with Crippen molar-refractivity contribution in [2.45, 2.75) is 6.92 Å². The number of amides is 1. The monoisotopic (exact) mass is 523 g/mol. The third-order valence-corrected chi connectivity index (χ3v) is 5.09. The number of benzene rings is 3. The van der Waals surface area contributed by atoms with E-state index in [0.29, 0.717) is 29.4 Å². The molecular formula is C26H25N3O9. The molecule has 1 N–H and O–H groups in total. The predicted octanol–water partition coefficient (Wildman–Crippen LogP) is 4.00. The molecule has 0 radical (unpaired) electrons. The average molecular weight is 523 g/mol. The Hall–Kier alpha value is -5.13. The summed E-state index contributed by atoms with van der Waals surface area (Å²) in [6, 6.07) is 12.8. The lowest BCUT2D eigenvalue weighted by Crippen LogP contribution is -2.17. The summed E-state index contributed by atoms with van der Waals surface area (Å²) in [5.74, 6) is 0.152. The van der Waals surface area contributed by atoms with E-state index in [1.807, 2.05) is 0 Å². The van der Waals surface area contributed by atoms with Gasteiger partial charge < -0.3 is 23.7 Å². The van der Waals surface area contributed by atoms with Crippen LogP contribution < -0.4 is 29.1 Å². The number of rotatable bonds is 11. The molecule has 0 atom stereocenters. The van der Waals surface area contributed by atoms with Gasteiger partial charge in [-0.15, -0.1) is 0 Å². The summed E-state index contributed by atoms with van der Waals surface area (Å²) >= 11 is 0. The van der Waals surface area contributed by atoms with Crippen molar-refractivity contribution in [2.24, 2.45) is 5.10 Å². The number of hydrogen-bond acceptors (Lipinski definition) is 10. The van der Waals surface area contributed by atoms with Gasteiger partial charge in [0.05, 0.1) is 44.6 Å². The van der Waals surface area contributed by atoms with Crippen LogP contribution in [0.15, 0.2) is 59.7 Å². The Morgan fingerprint density at radius 1 is 0.895 bits per heavy atom. The lowest BCUT2D eigenvalue weighted by Gasteiger charge is -2.15. The van der Waals surface area contributed by atoms with Crippen LogP contribution in [0.2, 0.25) is 0 Å². The highest BCUT2D eigenvalue weighted by molar-refractivity contribution is 5.95. The largest absolute Gasteiger partial charge is 0.493 e. The number of carbonyl (C=O) groups excluding carboxylic acids is 2. The molecule has 0 aliphatic carbocycles. The average Bonchev–Trinajstić information content (AvgIpc) is 2.93. The highest BCUT2D eigenvalue weighted by Gasteiger charge is 2.20. The van der Waals surface area contributed by atoms with Crippen LogP contribution in [0.3, 0.4) is 0 Å². The molecular weight excluding hydrogens is 498 g/mol. The summed E-state index contributed by atoms with van der Waals surface area (Å²) in [7, 11) is 4.33. The first-order chi connectivity index (χ1) is 18.3. The first-order valence-electron chi connectivity index (χ1n) is 11.2. The molecule has 0 fully saturated rings. The summed E-state index contributed by atoms with van der Waals surface area (Å²) in [5, 5.41) is 14.7. The van der Waals surface area contributed by atoms with E-state index in [1.165, 1.54) is 70.0 Å². The van der Waals surface area contributed by atoms with Crippen molar-refractivity contribution in [3.63, 3.8) is 0 Å². The molecule has 1 amide bonds. The normalized spacial score (nSPS) is 10.5. The van der Waals surface area contributed by atoms with Gasteiger partial charge in [0.25, 0.3) is 11.6 Å². The highest BCUT2D eigenvalue weighted by atomic mass is 16.6. The van der Waals surface area contributed by atoms with Gasteiger partial charge in [0.1, 0.15) is 0 Å². The highest BCUT2D eigenvalue weighted by Crippen LogP contribution is 2.39. The van der Waals surface area contributed by atoms with Crippen molar-refractivity contribution in [2.75, 3.05) is 27.9 Å². The second kappa shape index (κ2) is 12.7. The van der Waals surface area contributed by atoms with Crippen molar-refractivity contribution in [1.29, 1.82) is 0 Å². The molecule has 0 saturated heterocycles. The van der Waals surface area contributed by atoms with Crippen LogP contribution in [-0.4, -0.2) is 51.0 Å². The third-order valence-electron chi connectivity index (χ3n) is 5.09. The van der Waals surface area contributed by atoms with Gasteiger partial charge in [0.15, 0.2) is 23.0 Å². The molecule has 198 valence electrons. The molecule has 3 aromatic rings. The maximum Gasteiger partial charge on any atom is 0.343 e. The van der Waals surface area contributed by atoms with Crippen molar-refractivity contribution < 1.29 is 38.2 Å². The Morgan fingerprint density at radius 3 is 2.11 bits per heavy atom. The molecule has 0 heterocycles. The zero-order valence-electron chi connectivity index (χ0n) is 21.0. The predicted molar refractivity (Wildman–Crippen MR) is 137 cm³/mol. The van der Waals surface area contributed by atoms with E-state index in [9.17, 15) is 19.7 Å². The van der Waals surface area contributed by atoms with Gasteiger partial charge in [-0.2, -0.15) is 5.10 Å². The van der Waals surface area contributed by atoms with E-state index < -0.39 is 16.8 Å². The molecule has 0 unspecified atom stereocenters.